The summed E-state index contributed by atoms with van der Waals surface area (Å²) in [6, 6.07) is 12.1. The SMILES string of the molecule is COc1ccc(Nc2ccc3c(C(=O)N(C)C)cn(S(=O)(=O)c4cccnc4)c3c2)c(F)c1. The molecule has 4 aromatic rings. The van der Waals surface area contributed by atoms with E-state index in [2.05, 4.69) is 10.3 Å². The van der Waals surface area contributed by atoms with Gasteiger partial charge in [-0.1, -0.05) is 0 Å². The van der Waals surface area contributed by atoms with Gasteiger partial charge in [0.05, 0.1) is 23.9 Å². The van der Waals surface area contributed by atoms with Crippen LogP contribution < -0.4 is 10.1 Å². The maximum Gasteiger partial charge on any atom is 0.269 e. The Kier molecular flexibility index (Phi) is 5.77. The van der Waals surface area contributed by atoms with Crippen LogP contribution in [0.1, 0.15) is 10.4 Å². The Balaban J connectivity index is 1.87. The molecule has 0 saturated carbocycles. The highest BCUT2D eigenvalue weighted by Gasteiger charge is 2.25. The van der Waals surface area contributed by atoms with Gasteiger partial charge in [0, 0.05) is 49.8 Å². The van der Waals surface area contributed by atoms with Gasteiger partial charge in [0.1, 0.15) is 16.5 Å². The highest BCUT2D eigenvalue weighted by molar-refractivity contribution is 7.90. The fourth-order valence-electron chi connectivity index (χ4n) is 3.38. The van der Waals surface area contributed by atoms with Crippen LogP contribution in [0.25, 0.3) is 10.9 Å². The molecule has 0 aliphatic heterocycles. The number of carbonyl (C=O) groups is 1. The van der Waals surface area contributed by atoms with Crippen molar-refractivity contribution in [2.75, 3.05) is 26.5 Å². The Bertz CT molecular complexity index is 1450. The quantitative estimate of drug-likeness (QED) is 0.462. The van der Waals surface area contributed by atoms with Gasteiger partial charge in [-0.25, -0.2) is 16.8 Å². The lowest BCUT2D eigenvalue weighted by atomic mass is 10.1. The molecule has 0 spiro atoms. The van der Waals surface area contributed by atoms with Gasteiger partial charge in [0.2, 0.25) is 0 Å². The largest absolute Gasteiger partial charge is 0.497 e. The van der Waals surface area contributed by atoms with Crippen molar-refractivity contribution in [2.45, 2.75) is 4.90 Å². The minimum atomic E-state index is -4.05. The molecule has 2 aromatic carbocycles. The third-order valence-electron chi connectivity index (χ3n) is 5.05. The lowest BCUT2D eigenvalue weighted by molar-refractivity contribution is 0.0829. The second-order valence-electron chi connectivity index (χ2n) is 7.43. The number of anilines is 2. The molecule has 33 heavy (non-hydrogen) atoms. The summed E-state index contributed by atoms with van der Waals surface area (Å²) < 4.78 is 47.2. The summed E-state index contributed by atoms with van der Waals surface area (Å²) in [6.07, 6.45) is 4.01. The maximum absolute atomic E-state index is 14.4. The summed E-state index contributed by atoms with van der Waals surface area (Å²) in [5.74, 6) is -0.505. The van der Waals surface area contributed by atoms with Crippen LogP contribution in [-0.2, 0) is 10.0 Å². The Morgan fingerprint density at radius 1 is 1.15 bits per heavy atom. The Hall–Kier alpha value is -3.92. The van der Waals surface area contributed by atoms with Crippen molar-refractivity contribution in [3.05, 3.63) is 78.5 Å². The minimum Gasteiger partial charge on any atom is -0.497 e. The first-order valence-electron chi connectivity index (χ1n) is 9.85. The standard InChI is InChI=1S/C23H21FN4O4S/c1-27(2)23(29)19-14-28(33(30,31)17-5-4-10-25-13-17)22-11-15(6-8-18(19)22)26-21-9-7-16(32-3)12-20(21)24/h4-14,26H,1-3H3. The van der Waals surface area contributed by atoms with Crippen LogP contribution in [-0.4, -0.2) is 49.4 Å². The number of ether oxygens (including phenoxy) is 1. The average molecular weight is 469 g/mol. The van der Waals surface area contributed by atoms with Gasteiger partial charge in [-0.15, -0.1) is 0 Å². The van der Waals surface area contributed by atoms with Crippen LogP contribution in [0.5, 0.6) is 5.75 Å². The van der Waals surface area contributed by atoms with Crippen molar-refractivity contribution in [1.82, 2.24) is 13.9 Å². The van der Waals surface area contributed by atoms with E-state index < -0.39 is 15.8 Å². The van der Waals surface area contributed by atoms with Gasteiger partial charge >= 0.3 is 0 Å². The van der Waals surface area contributed by atoms with Gasteiger partial charge in [-0.2, -0.15) is 0 Å². The predicted octanol–water partition coefficient (Wildman–Crippen LogP) is 3.87. The number of nitrogens with zero attached hydrogens (tertiary/aromatic N) is 3. The van der Waals surface area contributed by atoms with Crippen molar-refractivity contribution < 1.29 is 22.3 Å². The highest BCUT2D eigenvalue weighted by Crippen LogP contribution is 2.31. The number of halogens is 1. The van der Waals surface area contributed by atoms with Crippen LogP contribution in [0.2, 0.25) is 0 Å². The zero-order valence-corrected chi connectivity index (χ0v) is 18.9. The van der Waals surface area contributed by atoms with E-state index in [9.17, 15) is 17.6 Å². The van der Waals surface area contributed by atoms with Crippen molar-refractivity contribution in [1.29, 1.82) is 0 Å². The molecular weight excluding hydrogens is 447 g/mol. The number of pyridine rings is 1. The van der Waals surface area contributed by atoms with Crippen molar-refractivity contribution in [3.63, 3.8) is 0 Å². The van der Waals surface area contributed by atoms with Crippen molar-refractivity contribution in [3.8, 4) is 5.75 Å². The van der Waals surface area contributed by atoms with E-state index in [0.717, 1.165) is 3.97 Å². The van der Waals surface area contributed by atoms with Crippen molar-refractivity contribution in [2.24, 2.45) is 0 Å². The molecule has 1 amide bonds. The van der Waals surface area contributed by atoms with E-state index in [1.54, 1.807) is 38.4 Å². The van der Waals surface area contributed by atoms with Gasteiger partial charge in [-0.3, -0.25) is 9.78 Å². The van der Waals surface area contributed by atoms with E-state index >= 15 is 0 Å². The number of hydrogen-bond donors (Lipinski definition) is 1. The Morgan fingerprint density at radius 3 is 2.58 bits per heavy atom. The first-order chi connectivity index (χ1) is 15.7. The number of rotatable bonds is 6. The number of hydrogen-bond acceptors (Lipinski definition) is 6. The molecule has 1 N–H and O–H groups in total. The average Bonchev–Trinajstić information content (AvgIpc) is 3.20. The summed E-state index contributed by atoms with van der Waals surface area (Å²) in [5.41, 5.74) is 1.12. The lowest BCUT2D eigenvalue weighted by Gasteiger charge is -2.11. The molecule has 0 aliphatic carbocycles. The molecule has 10 heteroatoms. The number of nitrogens with one attached hydrogen (secondary N) is 1. The molecule has 170 valence electrons. The van der Waals surface area contributed by atoms with Gasteiger partial charge in [0.15, 0.2) is 0 Å². The fraction of sp³-hybridized carbons (Fsp3) is 0.130. The smallest absolute Gasteiger partial charge is 0.269 e. The minimum absolute atomic E-state index is 0.0229. The van der Waals surface area contributed by atoms with E-state index in [0.29, 0.717) is 16.8 Å². The second-order valence-corrected chi connectivity index (χ2v) is 9.25. The zero-order valence-electron chi connectivity index (χ0n) is 18.1. The van der Waals surface area contributed by atoms with Crippen LogP contribution in [0.3, 0.4) is 0 Å². The third kappa shape index (κ3) is 4.12. The summed E-state index contributed by atoms with van der Waals surface area (Å²) in [7, 11) is 0.572. The van der Waals surface area contributed by atoms with E-state index in [4.69, 9.17) is 4.74 Å². The van der Waals surface area contributed by atoms with Crippen molar-refractivity contribution >= 4 is 38.2 Å². The first-order valence-corrected chi connectivity index (χ1v) is 11.3. The first kappa shape index (κ1) is 22.3. The van der Waals surface area contributed by atoms with Crippen LogP contribution in [0, 0.1) is 5.82 Å². The number of methoxy groups -OCH3 is 1. The molecule has 0 bridgehead atoms. The second kappa shape index (κ2) is 8.55. The number of carbonyl (C=O) groups excluding carboxylic acids is 1. The summed E-state index contributed by atoms with van der Waals surface area (Å²) in [4.78, 5) is 18.0. The maximum atomic E-state index is 14.4. The van der Waals surface area contributed by atoms with E-state index in [1.807, 2.05) is 0 Å². The molecule has 0 atom stereocenters. The molecule has 8 nitrogen and oxygen atoms in total. The van der Waals surface area contributed by atoms with Gasteiger partial charge < -0.3 is 15.0 Å². The van der Waals surface area contributed by atoms with E-state index in [-0.39, 0.29) is 27.6 Å². The molecule has 4 rings (SSSR count). The number of aromatic nitrogens is 2. The van der Waals surface area contributed by atoms with Crippen LogP contribution in [0.15, 0.2) is 72.0 Å². The Morgan fingerprint density at radius 2 is 1.94 bits per heavy atom. The van der Waals surface area contributed by atoms with Crippen LogP contribution >= 0.6 is 0 Å². The molecule has 2 aromatic heterocycles. The van der Waals surface area contributed by atoms with Crippen LogP contribution in [0.4, 0.5) is 15.8 Å². The van der Waals surface area contributed by atoms with Gasteiger partial charge in [0.25, 0.3) is 15.9 Å². The topological polar surface area (TPSA) is 93.5 Å². The summed E-state index contributed by atoms with van der Waals surface area (Å²) >= 11 is 0. The zero-order chi connectivity index (χ0) is 23.8. The molecular formula is C23H21FN4O4S. The molecule has 0 radical (unpaired) electrons. The molecule has 2 heterocycles. The third-order valence-corrected chi connectivity index (χ3v) is 6.71. The fourth-order valence-corrected chi connectivity index (χ4v) is 4.70. The Labute approximate surface area is 190 Å². The molecule has 0 aliphatic rings. The highest BCUT2D eigenvalue weighted by atomic mass is 32.2. The number of amides is 1. The normalized spacial score (nSPS) is 11.4. The number of benzene rings is 2. The molecule has 0 fully saturated rings. The lowest BCUT2D eigenvalue weighted by Crippen LogP contribution is -2.21. The number of fused-ring (bicyclic) bond motifs is 1. The summed E-state index contributed by atoms with van der Waals surface area (Å²) in [6.45, 7) is 0. The molecule has 0 saturated heterocycles. The van der Waals surface area contributed by atoms with E-state index in [1.165, 1.54) is 54.9 Å². The van der Waals surface area contributed by atoms with Gasteiger partial charge in [-0.05, 0) is 42.5 Å². The monoisotopic (exact) mass is 468 g/mol. The predicted molar refractivity (Wildman–Crippen MR) is 123 cm³/mol. The molecule has 0 unspecified atom stereocenters. The summed E-state index contributed by atoms with van der Waals surface area (Å²) in [5, 5.41) is 3.40.